The molecule has 0 atom stereocenters. The molecule has 0 saturated carbocycles. The predicted octanol–water partition coefficient (Wildman–Crippen LogP) is 2.80. The van der Waals surface area contributed by atoms with Crippen LogP contribution in [-0.4, -0.2) is 20.5 Å². The van der Waals surface area contributed by atoms with Gasteiger partial charge in [-0.3, -0.25) is 0 Å². The fourth-order valence-corrected chi connectivity index (χ4v) is 2.26. The molecule has 2 heterocycles. The number of hydrogen-bond acceptors (Lipinski definition) is 5. The Bertz CT molecular complexity index is 528. The van der Waals surface area contributed by atoms with Gasteiger partial charge in [0.1, 0.15) is 16.5 Å². The van der Waals surface area contributed by atoms with Crippen molar-refractivity contribution in [2.24, 2.45) is 0 Å². The van der Waals surface area contributed by atoms with Crippen LogP contribution in [0.4, 0.5) is 0 Å². The van der Waals surface area contributed by atoms with E-state index >= 15 is 0 Å². The van der Waals surface area contributed by atoms with E-state index in [4.69, 9.17) is 0 Å². The highest BCUT2D eigenvalue weighted by molar-refractivity contribution is 7.14. The van der Waals surface area contributed by atoms with Crippen LogP contribution in [0.3, 0.4) is 0 Å². The highest BCUT2D eigenvalue weighted by Gasteiger charge is 2.11. The Labute approximate surface area is 112 Å². The van der Waals surface area contributed by atoms with Gasteiger partial charge in [-0.05, 0) is 33.8 Å². The second-order valence-corrected chi connectivity index (χ2v) is 6.34. The summed E-state index contributed by atoms with van der Waals surface area (Å²) in [6.45, 7) is 9.19. The molecule has 0 unspecified atom stereocenters. The lowest BCUT2D eigenvalue weighted by molar-refractivity contribution is 0.426. The summed E-state index contributed by atoms with van der Waals surface area (Å²) in [5, 5.41) is 4.40. The quantitative estimate of drug-likeness (QED) is 0.924. The molecule has 4 nitrogen and oxygen atoms in total. The number of hydrogen-bond donors (Lipinski definition) is 1. The van der Waals surface area contributed by atoms with E-state index in [2.05, 4.69) is 41.0 Å². The zero-order valence-corrected chi connectivity index (χ0v) is 12.0. The van der Waals surface area contributed by atoms with Crippen molar-refractivity contribution in [1.29, 1.82) is 0 Å². The van der Waals surface area contributed by atoms with Crippen molar-refractivity contribution in [3.63, 3.8) is 0 Å². The minimum atomic E-state index is 0.121. The van der Waals surface area contributed by atoms with Gasteiger partial charge >= 0.3 is 0 Å². The van der Waals surface area contributed by atoms with Gasteiger partial charge in [-0.25, -0.2) is 15.0 Å². The zero-order valence-electron chi connectivity index (χ0n) is 11.2. The highest BCUT2D eigenvalue weighted by atomic mass is 32.1. The van der Waals surface area contributed by atoms with E-state index in [1.807, 2.05) is 19.2 Å². The molecule has 0 aliphatic heterocycles. The average Bonchev–Trinajstić information content (AvgIpc) is 2.74. The summed E-state index contributed by atoms with van der Waals surface area (Å²) in [5.41, 5.74) is 1.02. The summed E-state index contributed by atoms with van der Waals surface area (Å²) in [7, 11) is 0. The summed E-state index contributed by atoms with van der Waals surface area (Å²) < 4.78 is 0. The van der Waals surface area contributed by atoms with Crippen molar-refractivity contribution >= 4 is 11.3 Å². The van der Waals surface area contributed by atoms with E-state index in [-0.39, 0.29) is 5.54 Å². The van der Waals surface area contributed by atoms with Crippen LogP contribution in [0.5, 0.6) is 0 Å². The Hall–Kier alpha value is -1.33. The lowest BCUT2D eigenvalue weighted by Crippen LogP contribution is -2.34. The van der Waals surface area contributed by atoms with E-state index in [1.165, 1.54) is 4.88 Å². The third kappa shape index (κ3) is 3.58. The summed E-state index contributed by atoms with van der Waals surface area (Å²) in [6.07, 6.45) is 3.68. The van der Waals surface area contributed by atoms with E-state index in [0.29, 0.717) is 0 Å². The molecule has 0 saturated heterocycles. The fourth-order valence-electron chi connectivity index (χ4n) is 1.44. The molecular weight excluding hydrogens is 244 g/mol. The molecule has 0 aliphatic carbocycles. The topological polar surface area (TPSA) is 50.7 Å². The third-order valence-electron chi connectivity index (χ3n) is 2.34. The molecule has 0 radical (unpaired) electrons. The van der Waals surface area contributed by atoms with Crippen molar-refractivity contribution < 1.29 is 0 Å². The van der Waals surface area contributed by atoms with Gasteiger partial charge in [-0.15, -0.1) is 11.3 Å². The molecule has 0 spiro atoms. The minimum absolute atomic E-state index is 0.121. The summed E-state index contributed by atoms with van der Waals surface area (Å²) in [4.78, 5) is 14.1. The van der Waals surface area contributed by atoms with Crippen LogP contribution in [0.15, 0.2) is 18.5 Å². The van der Waals surface area contributed by atoms with Crippen LogP contribution in [-0.2, 0) is 6.54 Å². The van der Waals surface area contributed by atoms with Crippen molar-refractivity contribution in [3.05, 3.63) is 29.2 Å². The molecule has 2 aromatic heterocycles. The first-order valence-corrected chi connectivity index (χ1v) is 6.75. The first kappa shape index (κ1) is 13.1. The molecule has 0 amide bonds. The molecule has 0 fully saturated rings. The van der Waals surface area contributed by atoms with Crippen molar-refractivity contribution in [3.8, 4) is 10.7 Å². The SMILES string of the molecule is Cc1nccc(-c2ncc(CNC(C)(C)C)s2)n1. The van der Waals surface area contributed by atoms with Gasteiger partial charge in [-0.1, -0.05) is 0 Å². The Morgan fingerprint density at radius 1 is 1.28 bits per heavy atom. The van der Waals surface area contributed by atoms with Crippen molar-refractivity contribution in [2.45, 2.75) is 39.8 Å². The van der Waals surface area contributed by atoms with Crippen molar-refractivity contribution in [1.82, 2.24) is 20.3 Å². The van der Waals surface area contributed by atoms with E-state index in [1.54, 1.807) is 17.5 Å². The minimum Gasteiger partial charge on any atom is -0.307 e. The van der Waals surface area contributed by atoms with Gasteiger partial charge in [-0.2, -0.15) is 0 Å². The van der Waals surface area contributed by atoms with Crippen LogP contribution in [0.25, 0.3) is 10.7 Å². The molecular formula is C13H18N4S. The van der Waals surface area contributed by atoms with Crippen LogP contribution in [0.2, 0.25) is 0 Å². The second kappa shape index (κ2) is 5.12. The van der Waals surface area contributed by atoms with Gasteiger partial charge in [0, 0.05) is 29.4 Å². The maximum absolute atomic E-state index is 4.42. The first-order valence-electron chi connectivity index (χ1n) is 5.94. The molecule has 18 heavy (non-hydrogen) atoms. The van der Waals surface area contributed by atoms with E-state index in [9.17, 15) is 0 Å². The first-order chi connectivity index (χ1) is 8.44. The Morgan fingerprint density at radius 3 is 2.72 bits per heavy atom. The fraction of sp³-hybridized carbons (Fsp3) is 0.462. The smallest absolute Gasteiger partial charge is 0.142 e. The molecule has 5 heteroatoms. The number of aromatic nitrogens is 3. The number of aryl methyl sites for hydroxylation is 1. The molecule has 96 valence electrons. The lowest BCUT2D eigenvalue weighted by Gasteiger charge is -2.19. The number of rotatable bonds is 3. The van der Waals surface area contributed by atoms with E-state index < -0.39 is 0 Å². The molecule has 0 aliphatic rings. The normalized spacial score (nSPS) is 11.8. The number of thiazole rings is 1. The average molecular weight is 262 g/mol. The molecule has 2 rings (SSSR count). The molecule has 0 bridgehead atoms. The Kier molecular flexibility index (Phi) is 3.73. The number of nitrogens with zero attached hydrogens (tertiary/aromatic N) is 3. The van der Waals surface area contributed by atoms with Crippen LogP contribution >= 0.6 is 11.3 Å². The zero-order chi connectivity index (χ0) is 13.2. The van der Waals surface area contributed by atoms with Crippen molar-refractivity contribution in [2.75, 3.05) is 0 Å². The second-order valence-electron chi connectivity index (χ2n) is 5.22. The maximum Gasteiger partial charge on any atom is 0.142 e. The monoisotopic (exact) mass is 262 g/mol. The van der Waals surface area contributed by atoms with Crippen LogP contribution < -0.4 is 5.32 Å². The van der Waals surface area contributed by atoms with Gasteiger partial charge < -0.3 is 5.32 Å². The maximum atomic E-state index is 4.42. The standard InChI is InChI=1S/C13H18N4S/c1-9-14-6-5-11(17-9)12-15-7-10(18-12)8-16-13(2,3)4/h5-7,16H,8H2,1-4H3. The van der Waals surface area contributed by atoms with Crippen LogP contribution in [0, 0.1) is 6.92 Å². The molecule has 1 N–H and O–H groups in total. The number of nitrogens with one attached hydrogen (secondary N) is 1. The third-order valence-corrected chi connectivity index (χ3v) is 3.36. The Morgan fingerprint density at radius 2 is 2.06 bits per heavy atom. The van der Waals surface area contributed by atoms with Crippen LogP contribution in [0.1, 0.15) is 31.5 Å². The summed E-state index contributed by atoms with van der Waals surface area (Å²) in [5.74, 6) is 0.775. The summed E-state index contributed by atoms with van der Waals surface area (Å²) >= 11 is 1.67. The van der Waals surface area contributed by atoms with Gasteiger partial charge in [0.15, 0.2) is 0 Å². The lowest BCUT2D eigenvalue weighted by atomic mass is 10.1. The predicted molar refractivity (Wildman–Crippen MR) is 74.5 cm³/mol. The Balaban J connectivity index is 2.11. The van der Waals surface area contributed by atoms with Gasteiger partial charge in [0.05, 0.1) is 0 Å². The molecule has 2 aromatic rings. The largest absolute Gasteiger partial charge is 0.307 e. The molecule has 0 aromatic carbocycles. The summed E-state index contributed by atoms with van der Waals surface area (Å²) in [6, 6.07) is 1.90. The van der Waals surface area contributed by atoms with Gasteiger partial charge in [0.2, 0.25) is 0 Å². The highest BCUT2D eigenvalue weighted by Crippen LogP contribution is 2.23. The van der Waals surface area contributed by atoms with E-state index in [0.717, 1.165) is 23.1 Å². The van der Waals surface area contributed by atoms with Gasteiger partial charge in [0.25, 0.3) is 0 Å².